The van der Waals surface area contributed by atoms with Crippen LogP contribution < -0.4 is 10.1 Å². The van der Waals surface area contributed by atoms with Crippen LogP contribution in [0.3, 0.4) is 0 Å². The average molecular weight is 491 g/mol. The number of benzene rings is 3. The van der Waals surface area contributed by atoms with Crippen LogP contribution in [-0.4, -0.2) is 47.6 Å². The molecule has 2 aromatic heterocycles. The first-order valence-corrected chi connectivity index (χ1v) is 12.3. The topological polar surface area (TPSA) is 59.4 Å². The van der Waals surface area contributed by atoms with Crippen LogP contribution in [0.2, 0.25) is 0 Å². The van der Waals surface area contributed by atoms with Gasteiger partial charge in [-0.2, -0.15) is 0 Å². The van der Waals surface area contributed by atoms with Crippen LogP contribution in [-0.2, 0) is 4.79 Å². The Balaban J connectivity index is 1.56. The third-order valence-electron chi connectivity index (χ3n) is 6.24. The van der Waals surface area contributed by atoms with Gasteiger partial charge < -0.3 is 19.5 Å². The molecule has 0 unspecified atom stereocenters. The van der Waals surface area contributed by atoms with Crippen molar-refractivity contribution in [1.29, 1.82) is 0 Å². The molecule has 0 aliphatic heterocycles. The lowest BCUT2D eigenvalue weighted by Crippen LogP contribution is -2.19. The molecule has 0 fully saturated rings. The van der Waals surface area contributed by atoms with Gasteiger partial charge in [0.25, 0.3) is 0 Å². The summed E-state index contributed by atoms with van der Waals surface area (Å²) in [4.78, 5) is 17.8. The number of anilines is 1. The van der Waals surface area contributed by atoms with E-state index in [-0.39, 0.29) is 5.91 Å². The van der Waals surface area contributed by atoms with E-state index in [4.69, 9.17) is 4.74 Å². The molecule has 2 heterocycles. The van der Waals surface area contributed by atoms with E-state index in [9.17, 15) is 4.79 Å². The molecule has 6 heteroatoms. The lowest BCUT2D eigenvalue weighted by Gasteiger charge is -2.11. The van der Waals surface area contributed by atoms with Gasteiger partial charge >= 0.3 is 0 Å². The molecule has 0 saturated carbocycles. The van der Waals surface area contributed by atoms with E-state index in [2.05, 4.69) is 62.4 Å². The van der Waals surface area contributed by atoms with Crippen molar-refractivity contribution in [1.82, 2.24) is 14.5 Å². The second-order valence-electron chi connectivity index (χ2n) is 9.29. The number of nitrogens with zero attached hydrogens (tertiary/aromatic N) is 3. The molecule has 0 bridgehead atoms. The number of carbonyl (C=O) groups excluding carboxylic acids is 1. The molecule has 37 heavy (non-hydrogen) atoms. The molecule has 0 aliphatic rings. The molecule has 0 aliphatic carbocycles. The van der Waals surface area contributed by atoms with Crippen molar-refractivity contribution < 1.29 is 9.53 Å². The Morgan fingerprint density at radius 1 is 0.919 bits per heavy atom. The maximum absolute atomic E-state index is 11.5. The molecule has 5 aromatic rings. The fourth-order valence-electron chi connectivity index (χ4n) is 4.41. The molecule has 3 aromatic carbocycles. The maximum atomic E-state index is 11.5. The summed E-state index contributed by atoms with van der Waals surface area (Å²) in [5.41, 5.74) is 7.29. The number of likely N-dealkylation sites (N-methyl/N-ethyl adjacent to an activating group) is 1. The van der Waals surface area contributed by atoms with Gasteiger partial charge in [0.2, 0.25) is 5.91 Å². The van der Waals surface area contributed by atoms with Gasteiger partial charge in [-0.25, -0.2) is 0 Å². The van der Waals surface area contributed by atoms with Gasteiger partial charge in [-0.15, -0.1) is 0 Å². The largest absolute Gasteiger partial charge is 0.492 e. The minimum absolute atomic E-state index is 0.0853. The quantitative estimate of drug-likeness (QED) is 0.279. The molecule has 1 amide bonds. The van der Waals surface area contributed by atoms with Gasteiger partial charge in [-0.3, -0.25) is 9.78 Å². The molecule has 186 valence electrons. The minimum Gasteiger partial charge on any atom is -0.492 e. The Morgan fingerprint density at radius 2 is 1.65 bits per heavy atom. The lowest BCUT2D eigenvalue weighted by atomic mass is 10.0. The Morgan fingerprint density at radius 3 is 2.38 bits per heavy atom. The van der Waals surface area contributed by atoms with E-state index in [0.717, 1.165) is 56.8 Å². The standard InChI is InChI=1S/C31H30N4O2/c1-22(36)33-26-6-4-5-24(19-26)25-9-12-29-30(21-35(31(29)20-25)27-13-15-32-16-14-27)23-7-10-28(11-8-23)37-18-17-34(2)3/h4-16,19-21H,17-18H2,1-3H3,(H,33,36). The van der Waals surface area contributed by atoms with Crippen LogP contribution in [0.4, 0.5) is 5.69 Å². The number of nitrogens with one attached hydrogen (secondary N) is 1. The molecular weight excluding hydrogens is 460 g/mol. The Bertz CT molecular complexity index is 1520. The molecule has 6 nitrogen and oxygen atoms in total. The highest BCUT2D eigenvalue weighted by molar-refractivity contribution is 5.99. The van der Waals surface area contributed by atoms with E-state index in [1.165, 1.54) is 6.92 Å². The first-order chi connectivity index (χ1) is 18.0. The number of aromatic nitrogens is 2. The zero-order chi connectivity index (χ0) is 25.8. The second kappa shape index (κ2) is 10.7. The number of carbonyl (C=O) groups is 1. The Labute approximate surface area is 217 Å². The third kappa shape index (κ3) is 5.55. The predicted octanol–water partition coefficient (Wildman–Crippen LogP) is 6.26. The van der Waals surface area contributed by atoms with Crippen molar-refractivity contribution in [3.8, 4) is 33.7 Å². The van der Waals surface area contributed by atoms with Gasteiger partial charge in [0.05, 0.1) is 5.52 Å². The summed E-state index contributed by atoms with van der Waals surface area (Å²) < 4.78 is 8.09. The van der Waals surface area contributed by atoms with Gasteiger partial charge in [0.15, 0.2) is 0 Å². The number of amides is 1. The monoisotopic (exact) mass is 490 g/mol. The highest BCUT2D eigenvalue weighted by Crippen LogP contribution is 2.36. The molecule has 5 rings (SSSR count). The molecular formula is C31H30N4O2. The van der Waals surface area contributed by atoms with E-state index in [1.807, 2.05) is 69.0 Å². The number of hydrogen-bond donors (Lipinski definition) is 1. The molecule has 0 radical (unpaired) electrons. The highest BCUT2D eigenvalue weighted by atomic mass is 16.5. The van der Waals surface area contributed by atoms with Crippen LogP contribution in [0.25, 0.3) is 38.8 Å². The van der Waals surface area contributed by atoms with Crippen molar-refractivity contribution in [2.45, 2.75) is 6.92 Å². The van der Waals surface area contributed by atoms with Crippen molar-refractivity contribution in [3.05, 3.63) is 97.5 Å². The predicted molar refractivity (Wildman–Crippen MR) is 150 cm³/mol. The van der Waals surface area contributed by atoms with E-state index in [0.29, 0.717) is 6.61 Å². The van der Waals surface area contributed by atoms with Gasteiger partial charge in [-0.05, 0) is 73.3 Å². The second-order valence-corrected chi connectivity index (χ2v) is 9.29. The Hall–Kier alpha value is -4.42. The fraction of sp³-hybridized carbons (Fsp3) is 0.161. The van der Waals surface area contributed by atoms with Gasteiger partial charge in [0, 0.05) is 54.4 Å². The summed E-state index contributed by atoms with van der Waals surface area (Å²) in [6, 6.07) is 26.7. The zero-order valence-corrected chi connectivity index (χ0v) is 21.3. The number of fused-ring (bicyclic) bond motifs is 1. The van der Waals surface area contributed by atoms with Crippen LogP contribution >= 0.6 is 0 Å². The summed E-state index contributed by atoms with van der Waals surface area (Å²) >= 11 is 0. The van der Waals surface area contributed by atoms with Crippen LogP contribution in [0, 0.1) is 0 Å². The van der Waals surface area contributed by atoms with Crippen LogP contribution in [0.1, 0.15) is 6.92 Å². The first kappa shape index (κ1) is 24.3. The number of rotatable bonds is 8. The van der Waals surface area contributed by atoms with E-state index >= 15 is 0 Å². The smallest absolute Gasteiger partial charge is 0.221 e. The average Bonchev–Trinajstić information content (AvgIpc) is 3.28. The SMILES string of the molecule is CC(=O)Nc1cccc(-c2ccc3c(-c4ccc(OCCN(C)C)cc4)cn(-c4ccncc4)c3c2)c1. The van der Waals surface area contributed by atoms with E-state index in [1.54, 1.807) is 0 Å². The van der Waals surface area contributed by atoms with Crippen molar-refractivity contribution in [3.63, 3.8) is 0 Å². The van der Waals surface area contributed by atoms with Crippen molar-refractivity contribution in [2.75, 3.05) is 32.6 Å². The maximum Gasteiger partial charge on any atom is 0.221 e. The molecule has 0 atom stereocenters. The minimum atomic E-state index is -0.0853. The summed E-state index contributed by atoms with van der Waals surface area (Å²) in [6.45, 7) is 3.04. The van der Waals surface area contributed by atoms with Crippen molar-refractivity contribution >= 4 is 22.5 Å². The van der Waals surface area contributed by atoms with Gasteiger partial charge in [0.1, 0.15) is 12.4 Å². The summed E-state index contributed by atoms with van der Waals surface area (Å²) in [5.74, 6) is 0.780. The number of pyridine rings is 1. The summed E-state index contributed by atoms with van der Waals surface area (Å²) in [7, 11) is 4.08. The Kier molecular flexibility index (Phi) is 7.01. The van der Waals surface area contributed by atoms with Crippen LogP contribution in [0.5, 0.6) is 5.75 Å². The van der Waals surface area contributed by atoms with Gasteiger partial charge in [-0.1, -0.05) is 36.4 Å². The molecule has 0 saturated heterocycles. The zero-order valence-electron chi connectivity index (χ0n) is 21.3. The van der Waals surface area contributed by atoms with E-state index < -0.39 is 0 Å². The summed E-state index contributed by atoms with van der Waals surface area (Å²) in [5, 5.41) is 4.03. The molecule has 0 spiro atoms. The number of hydrogen-bond acceptors (Lipinski definition) is 4. The highest BCUT2D eigenvalue weighted by Gasteiger charge is 2.14. The normalized spacial score (nSPS) is 11.1. The lowest BCUT2D eigenvalue weighted by molar-refractivity contribution is -0.114. The first-order valence-electron chi connectivity index (χ1n) is 12.3. The molecule has 1 N–H and O–H groups in total. The fourth-order valence-corrected chi connectivity index (χ4v) is 4.41. The third-order valence-corrected chi connectivity index (χ3v) is 6.24. The van der Waals surface area contributed by atoms with Crippen LogP contribution in [0.15, 0.2) is 97.5 Å². The number of ether oxygens (including phenoxy) is 1. The van der Waals surface area contributed by atoms with Crippen molar-refractivity contribution in [2.24, 2.45) is 0 Å². The summed E-state index contributed by atoms with van der Waals surface area (Å²) in [6.07, 6.45) is 5.79.